The number of aliphatic hydroxyl groups is 1. The second-order valence-corrected chi connectivity index (χ2v) is 9.23. The number of amides is 3. The van der Waals surface area contributed by atoms with Gasteiger partial charge < -0.3 is 15.7 Å². The summed E-state index contributed by atoms with van der Waals surface area (Å²) in [6, 6.07) is 13.3. The van der Waals surface area contributed by atoms with Gasteiger partial charge in [-0.1, -0.05) is 60.8 Å². The van der Waals surface area contributed by atoms with Gasteiger partial charge >= 0.3 is 6.03 Å². The first kappa shape index (κ1) is 20.9. The molecule has 0 bridgehead atoms. The van der Waals surface area contributed by atoms with E-state index < -0.39 is 17.7 Å². The van der Waals surface area contributed by atoms with Gasteiger partial charge in [0.05, 0.1) is 5.69 Å². The molecular weight excluding hydrogens is 446 g/mol. The van der Waals surface area contributed by atoms with Gasteiger partial charge in [0, 0.05) is 21.8 Å². The summed E-state index contributed by atoms with van der Waals surface area (Å²) in [5.41, 5.74) is -1.00. The summed E-state index contributed by atoms with van der Waals surface area (Å²) in [5.74, 6) is 0.183. The topological polar surface area (TPSA) is 81.7 Å². The zero-order valence-electron chi connectivity index (χ0n) is 17.1. The Morgan fingerprint density at radius 3 is 2.67 bits per heavy atom. The summed E-state index contributed by atoms with van der Waals surface area (Å²) in [7, 11) is 0. The molecule has 0 unspecified atom stereocenters. The van der Waals surface area contributed by atoms with Crippen molar-refractivity contribution in [2.45, 2.75) is 44.9 Å². The predicted octanol–water partition coefficient (Wildman–Crippen LogP) is 4.59. The van der Waals surface area contributed by atoms with Crippen molar-refractivity contribution >= 4 is 39.2 Å². The number of fused-ring (bicyclic) bond motifs is 1. The van der Waals surface area contributed by atoms with E-state index in [0.717, 1.165) is 24.2 Å². The standard InChI is InChI=1S/C23H26BrN3O3/c1-14-7-6-10-19(15(14)2)25-21(28)23(30)18-13-16(24)11-12-20(18)26-22(29)27(23)17-8-4-3-5-9-17/h3-5,8-9,11-15,19,30H,6-7,10H2,1-2H3,(H,25,28)(H,26,29)/t14-,15-,19-,23+/m1/s1. The molecule has 4 atom stereocenters. The fourth-order valence-electron chi connectivity index (χ4n) is 4.51. The molecule has 0 saturated heterocycles. The van der Waals surface area contributed by atoms with E-state index in [1.807, 2.05) is 6.07 Å². The zero-order chi connectivity index (χ0) is 21.5. The highest BCUT2D eigenvalue weighted by molar-refractivity contribution is 9.10. The molecule has 1 aliphatic carbocycles. The number of nitrogens with zero attached hydrogens (tertiary/aromatic N) is 1. The van der Waals surface area contributed by atoms with Crippen molar-refractivity contribution < 1.29 is 14.7 Å². The molecule has 158 valence electrons. The Hall–Kier alpha value is -2.38. The van der Waals surface area contributed by atoms with Crippen molar-refractivity contribution in [3.05, 3.63) is 58.6 Å². The highest BCUT2D eigenvalue weighted by Crippen LogP contribution is 2.41. The van der Waals surface area contributed by atoms with Crippen molar-refractivity contribution in [1.82, 2.24) is 5.32 Å². The van der Waals surface area contributed by atoms with Crippen LogP contribution in [-0.2, 0) is 10.5 Å². The molecule has 0 radical (unpaired) electrons. The molecule has 0 aromatic heterocycles. The summed E-state index contributed by atoms with van der Waals surface area (Å²) in [6.45, 7) is 4.32. The minimum Gasteiger partial charge on any atom is -0.359 e. The number of benzene rings is 2. The maximum Gasteiger partial charge on any atom is 0.329 e. The van der Waals surface area contributed by atoms with Crippen LogP contribution in [-0.4, -0.2) is 23.1 Å². The zero-order valence-corrected chi connectivity index (χ0v) is 18.6. The summed E-state index contributed by atoms with van der Waals surface area (Å²) < 4.78 is 0.705. The van der Waals surface area contributed by atoms with Gasteiger partial charge in [-0.05, 0) is 48.6 Å². The number of para-hydroxylation sites is 1. The normalized spacial score (nSPS) is 28.5. The van der Waals surface area contributed by atoms with E-state index >= 15 is 0 Å². The van der Waals surface area contributed by atoms with Crippen molar-refractivity contribution in [2.75, 3.05) is 10.2 Å². The number of urea groups is 1. The monoisotopic (exact) mass is 471 g/mol. The first-order valence-electron chi connectivity index (χ1n) is 10.3. The lowest BCUT2D eigenvalue weighted by atomic mass is 9.78. The lowest BCUT2D eigenvalue weighted by Gasteiger charge is -2.44. The lowest BCUT2D eigenvalue weighted by Crippen LogP contribution is -2.64. The Morgan fingerprint density at radius 2 is 1.93 bits per heavy atom. The smallest absolute Gasteiger partial charge is 0.329 e. The van der Waals surface area contributed by atoms with Gasteiger partial charge in [0.25, 0.3) is 11.6 Å². The third kappa shape index (κ3) is 3.50. The van der Waals surface area contributed by atoms with E-state index in [9.17, 15) is 14.7 Å². The largest absolute Gasteiger partial charge is 0.359 e. The van der Waals surface area contributed by atoms with Crippen molar-refractivity contribution in [1.29, 1.82) is 0 Å². The molecule has 2 aromatic carbocycles. The van der Waals surface area contributed by atoms with Crippen LogP contribution < -0.4 is 15.5 Å². The first-order valence-corrected chi connectivity index (χ1v) is 11.1. The van der Waals surface area contributed by atoms with E-state index in [1.54, 1.807) is 42.5 Å². The summed E-state index contributed by atoms with van der Waals surface area (Å²) >= 11 is 3.42. The molecule has 2 aliphatic rings. The highest BCUT2D eigenvalue weighted by Gasteiger charge is 2.52. The molecule has 0 spiro atoms. The highest BCUT2D eigenvalue weighted by atomic mass is 79.9. The minimum atomic E-state index is -2.18. The second kappa shape index (κ2) is 8.04. The van der Waals surface area contributed by atoms with Gasteiger partial charge in [-0.25, -0.2) is 4.79 Å². The molecule has 1 aliphatic heterocycles. The minimum absolute atomic E-state index is 0.0523. The molecule has 6 nitrogen and oxygen atoms in total. The number of hydrogen-bond donors (Lipinski definition) is 3. The van der Waals surface area contributed by atoms with Gasteiger partial charge in [-0.3, -0.25) is 9.69 Å². The van der Waals surface area contributed by atoms with E-state index in [-0.39, 0.29) is 12.0 Å². The number of rotatable bonds is 3. The summed E-state index contributed by atoms with van der Waals surface area (Å²) in [6.07, 6.45) is 3.02. The Balaban J connectivity index is 1.80. The van der Waals surface area contributed by atoms with Crippen molar-refractivity contribution in [2.24, 2.45) is 11.8 Å². The van der Waals surface area contributed by atoms with Crippen LogP contribution >= 0.6 is 15.9 Å². The fraction of sp³-hybridized carbons (Fsp3) is 0.391. The van der Waals surface area contributed by atoms with Crippen LogP contribution in [0.4, 0.5) is 16.2 Å². The van der Waals surface area contributed by atoms with Crippen LogP contribution in [0.25, 0.3) is 0 Å². The quantitative estimate of drug-likeness (QED) is 0.612. The van der Waals surface area contributed by atoms with Gasteiger partial charge in [-0.2, -0.15) is 0 Å². The first-order chi connectivity index (χ1) is 14.3. The van der Waals surface area contributed by atoms with Crippen LogP contribution in [0.5, 0.6) is 0 Å². The SMILES string of the molecule is C[C@@H]1[C@H](C)CCC[C@H]1NC(=O)[C@@]1(O)c2cc(Br)ccc2NC(=O)N1c1ccccc1. The van der Waals surface area contributed by atoms with E-state index in [2.05, 4.69) is 40.4 Å². The number of hydrogen-bond acceptors (Lipinski definition) is 3. The fourth-order valence-corrected chi connectivity index (χ4v) is 4.87. The number of carbonyl (C=O) groups excluding carboxylic acids is 2. The molecular formula is C23H26BrN3O3. The lowest BCUT2D eigenvalue weighted by molar-refractivity contribution is -0.141. The number of carbonyl (C=O) groups is 2. The number of halogens is 1. The number of anilines is 2. The van der Waals surface area contributed by atoms with Crippen LogP contribution in [0.2, 0.25) is 0 Å². The van der Waals surface area contributed by atoms with Crippen LogP contribution in [0.1, 0.15) is 38.7 Å². The van der Waals surface area contributed by atoms with E-state index in [1.165, 1.54) is 0 Å². The van der Waals surface area contributed by atoms with Crippen LogP contribution in [0.3, 0.4) is 0 Å². The van der Waals surface area contributed by atoms with Crippen molar-refractivity contribution in [3.8, 4) is 0 Å². The van der Waals surface area contributed by atoms with E-state index in [0.29, 0.717) is 27.3 Å². The van der Waals surface area contributed by atoms with Crippen LogP contribution in [0.15, 0.2) is 53.0 Å². The average Bonchev–Trinajstić information content (AvgIpc) is 2.73. The Morgan fingerprint density at radius 1 is 1.20 bits per heavy atom. The van der Waals surface area contributed by atoms with Gasteiger partial charge in [0.1, 0.15) is 0 Å². The molecule has 1 saturated carbocycles. The molecule has 1 heterocycles. The third-order valence-corrected chi connectivity index (χ3v) is 6.97. The molecule has 4 rings (SSSR count). The molecule has 7 heteroatoms. The molecule has 2 aromatic rings. The second-order valence-electron chi connectivity index (χ2n) is 8.31. The molecule has 30 heavy (non-hydrogen) atoms. The predicted molar refractivity (Wildman–Crippen MR) is 120 cm³/mol. The summed E-state index contributed by atoms with van der Waals surface area (Å²) in [4.78, 5) is 27.8. The van der Waals surface area contributed by atoms with E-state index in [4.69, 9.17) is 0 Å². The Kier molecular flexibility index (Phi) is 5.59. The molecule has 1 fully saturated rings. The third-order valence-electron chi connectivity index (χ3n) is 6.48. The Labute approximate surface area is 184 Å². The maximum absolute atomic E-state index is 13.6. The van der Waals surface area contributed by atoms with Crippen molar-refractivity contribution in [3.63, 3.8) is 0 Å². The maximum atomic E-state index is 13.6. The summed E-state index contributed by atoms with van der Waals surface area (Å²) in [5, 5.41) is 17.8. The van der Waals surface area contributed by atoms with Gasteiger partial charge in [-0.15, -0.1) is 0 Å². The molecule has 3 amide bonds. The van der Waals surface area contributed by atoms with Gasteiger partial charge in [0.15, 0.2) is 0 Å². The molecule has 3 N–H and O–H groups in total. The number of nitrogens with one attached hydrogen (secondary N) is 2. The Bertz CT molecular complexity index is 967. The average molecular weight is 472 g/mol. The van der Waals surface area contributed by atoms with Gasteiger partial charge in [0.2, 0.25) is 0 Å². The van der Waals surface area contributed by atoms with Crippen LogP contribution in [0, 0.1) is 11.8 Å².